The molecule has 146 valence electrons. The minimum Gasteiger partial charge on any atom is -0.456 e. The molecule has 3 rings (SSSR count). The fourth-order valence-electron chi connectivity index (χ4n) is 3.40. The largest absolute Gasteiger partial charge is 0.456 e. The molecule has 0 bridgehead atoms. The van der Waals surface area contributed by atoms with Crippen LogP contribution in [0.3, 0.4) is 0 Å². The van der Waals surface area contributed by atoms with Crippen LogP contribution in [0.15, 0.2) is 42.5 Å². The van der Waals surface area contributed by atoms with Gasteiger partial charge in [0.05, 0.1) is 10.9 Å². The van der Waals surface area contributed by atoms with Crippen molar-refractivity contribution < 1.29 is 17.9 Å². The third-order valence-electron chi connectivity index (χ3n) is 4.82. The van der Waals surface area contributed by atoms with Gasteiger partial charge >= 0.3 is 6.18 Å². The second-order valence-electron chi connectivity index (χ2n) is 6.83. The molecule has 2 nitrogen and oxygen atoms in total. The Morgan fingerprint density at radius 2 is 1.85 bits per heavy atom. The molecular formula is C20H20Cl2F3NO. The lowest BCUT2D eigenvalue weighted by molar-refractivity contribution is -0.185. The van der Waals surface area contributed by atoms with Gasteiger partial charge in [0.15, 0.2) is 0 Å². The highest BCUT2D eigenvalue weighted by Crippen LogP contribution is 2.40. The summed E-state index contributed by atoms with van der Waals surface area (Å²) in [6, 6.07) is 12.4. The highest BCUT2D eigenvalue weighted by Gasteiger charge is 2.41. The standard InChI is InChI=1S/C20H20Cl2F3NO/c21-17-8-3-9-18(19(17)22)27-16-7-2-6-15(11-16)26-12-13-4-1-5-14(10-13)20(23,24)25/h2-3,6-9,11,13-14,26H,1,4-5,10,12H2. The van der Waals surface area contributed by atoms with E-state index in [1.807, 2.05) is 12.1 Å². The Morgan fingerprint density at radius 3 is 2.63 bits per heavy atom. The molecule has 0 aliphatic heterocycles. The summed E-state index contributed by atoms with van der Waals surface area (Å²) in [6.45, 7) is 0.508. The molecule has 2 aromatic carbocycles. The summed E-state index contributed by atoms with van der Waals surface area (Å²) >= 11 is 12.1. The molecule has 1 aliphatic rings. The first-order valence-corrected chi connectivity index (χ1v) is 9.61. The molecule has 0 heterocycles. The van der Waals surface area contributed by atoms with Crippen LogP contribution in [-0.2, 0) is 0 Å². The second-order valence-corrected chi connectivity index (χ2v) is 7.62. The van der Waals surface area contributed by atoms with E-state index < -0.39 is 12.1 Å². The Morgan fingerprint density at radius 1 is 1.07 bits per heavy atom. The first-order chi connectivity index (χ1) is 12.8. The van der Waals surface area contributed by atoms with Gasteiger partial charge in [-0.1, -0.05) is 41.8 Å². The van der Waals surface area contributed by atoms with Gasteiger partial charge in [-0.05, 0) is 49.4 Å². The lowest BCUT2D eigenvalue weighted by Crippen LogP contribution is -2.31. The number of halogens is 5. The Bertz CT molecular complexity index is 782. The lowest BCUT2D eigenvalue weighted by atomic mass is 9.81. The normalized spacial score (nSPS) is 20.3. The van der Waals surface area contributed by atoms with E-state index in [1.165, 1.54) is 0 Å². The van der Waals surface area contributed by atoms with Crippen LogP contribution in [0.1, 0.15) is 25.7 Å². The zero-order valence-electron chi connectivity index (χ0n) is 14.5. The minimum atomic E-state index is -4.09. The number of nitrogens with one attached hydrogen (secondary N) is 1. The van der Waals surface area contributed by atoms with Gasteiger partial charge in [0.2, 0.25) is 0 Å². The number of ether oxygens (including phenoxy) is 1. The van der Waals surface area contributed by atoms with Crippen LogP contribution in [0, 0.1) is 11.8 Å². The molecule has 27 heavy (non-hydrogen) atoms. The Kier molecular flexibility index (Phi) is 6.43. The van der Waals surface area contributed by atoms with Gasteiger partial charge in [0.1, 0.15) is 16.5 Å². The van der Waals surface area contributed by atoms with Crippen molar-refractivity contribution >= 4 is 28.9 Å². The van der Waals surface area contributed by atoms with Gasteiger partial charge in [-0.2, -0.15) is 13.2 Å². The first kappa shape index (κ1) is 20.2. The highest BCUT2D eigenvalue weighted by molar-refractivity contribution is 6.42. The molecule has 0 radical (unpaired) electrons. The molecule has 1 aliphatic carbocycles. The van der Waals surface area contributed by atoms with E-state index in [-0.39, 0.29) is 18.8 Å². The van der Waals surface area contributed by atoms with Crippen molar-refractivity contribution in [1.29, 1.82) is 0 Å². The summed E-state index contributed by atoms with van der Waals surface area (Å²) in [5.74, 6) is -0.155. The summed E-state index contributed by atoms with van der Waals surface area (Å²) in [6.07, 6.45) is -2.24. The maximum absolute atomic E-state index is 12.9. The van der Waals surface area contributed by atoms with Gasteiger partial charge in [-0.3, -0.25) is 0 Å². The molecule has 2 atom stereocenters. The molecule has 2 unspecified atom stereocenters. The molecule has 1 N–H and O–H groups in total. The molecule has 0 spiro atoms. The van der Waals surface area contributed by atoms with Crippen molar-refractivity contribution in [3.05, 3.63) is 52.5 Å². The molecule has 0 amide bonds. The van der Waals surface area contributed by atoms with E-state index in [4.69, 9.17) is 27.9 Å². The topological polar surface area (TPSA) is 21.3 Å². The SMILES string of the molecule is FC(F)(F)C1CCCC(CNc2cccc(Oc3cccc(Cl)c3Cl)c2)C1. The van der Waals surface area contributed by atoms with Crippen LogP contribution in [-0.4, -0.2) is 12.7 Å². The Hall–Kier alpha value is -1.59. The number of benzene rings is 2. The van der Waals surface area contributed by atoms with Crippen LogP contribution in [0.5, 0.6) is 11.5 Å². The maximum atomic E-state index is 12.9. The predicted octanol–water partition coefficient (Wildman–Crippen LogP) is 7.57. The first-order valence-electron chi connectivity index (χ1n) is 8.85. The van der Waals surface area contributed by atoms with E-state index in [2.05, 4.69) is 5.32 Å². The van der Waals surface area contributed by atoms with Crippen molar-refractivity contribution in [3.8, 4) is 11.5 Å². The number of rotatable bonds is 5. The van der Waals surface area contributed by atoms with Crippen molar-refractivity contribution in [2.45, 2.75) is 31.9 Å². The average Bonchev–Trinajstić information content (AvgIpc) is 2.64. The van der Waals surface area contributed by atoms with Gasteiger partial charge < -0.3 is 10.1 Å². The summed E-state index contributed by atoms with van der Waals surface area (Å²) in [5, 5.41) is 3.97. The molecule has 0 aromatic heterocycles. The Balaban J connectivity index is 1.60. The minimum absolute atomic E-state index is 0.0114. The highest BCUT2D eigenvalue weighted by atomic mass is 35.5. The lowest BCUT2D eigenvalue weighted by Gasteiger charge is -2.30. The van der Waals surface area contributed by atoms with Crippen molar-refractivity contribution in [2.24, 2.45) is 11.8 Å². The molecule has 1 saturated carbocycles. The van der Waals surface area contributed by atoms with E-state index in [0.717, 1.165) is 12.1 Å². The Labute approximate surface area is 166 Å². The summed E-state index contributed by atoms with van der Waals surface area (Å²) < 4.78 is 44.6. The van der Waals surface area contributed by atoms with Crippen LogP contribution in [0.4, 0.5) is 18.9 Å². The van der Waals surface area contributed by atoms with Crippen LogP contribution < -0.4 is 10.1 Å². The maximum Gasteiger partial charge on any atom is 0.391 e. The number of anilines is 1. The average molecular weight is 418 g/mol. The summed E-state index contributed by atoms with van der Waals surface area (Å²) in [5.41, 5.74) is 0.791. The van der Waals surface area contributed by atoms with Gasteiger partial charge in [-0.25, -0.2) is 0 Å². The molecule has 2 aromatic rings. The smallest absolute Gasteiger partial charge is 0.391 e. The van der Waals surface area contributed by atoms with E-state index >= 15 is 0 Å². The fourth-order valence-corrected chi connectivity index (χ4v) is 3.73. The number of alkyl halides is 3. The van der Waals surface area contributed by atoms with Crippen LogP contribution in [0.25, 0.3) is 0 Å². The predicted molar refractivity (Wildman–Crippen MR) is 103 cm³/mol. The van der Waals surface area contributed by atoms with E-state index in [9.17, 15) is 13.2 Å². The van der Waals surface area contributed by atoms with Crippen LogP contribution >= 0.6 is 23.2 Å². The third-order valence-corrected chi connectivity index (χ3v) is 5.62. The van der Waals surface area contributed by atoms with Gasteiger partial charge in [0.25, 0.3) is 0 Å². The van der Waals surface area contributed by atoms with Crippen molar-refractivity contribution in [3.63, 3.8) is 0 Å². The zero-order chi connectivity index (χ0) is 19.4. The molecule has 7 heteroatoms. The number of hydrogen-bond acceptors (Lipinski definition) is 2. The molecule has 1 fully saturated rings. The van der Waals surface area contributed by atoms with Crippen molar-refractivity contribution in [2.75, 3.05) is 11.9 Å². The third kappa shape index (κ3) is 5.45. The summed E-state index contributed by atoms with van der Waals surface area (Å²) in [4.78, 5) is 0. The van der Waals surface area contributed by atoms with E-state index in [1.54, 1.807) is 30.3 Å². The van der Waals surface area contributed by atoms with E-state index in [0.29, 0.717) is 34.5 Å². The van der Waals surface area contributed by atoms with Crippen LogP contribution in [0.2, 0.25) is 10.0 Å². The fraction of sp³-hybridized carbons (Fsp3) is 0.400. The monoisotopic (exact) mass is 417 g/mol. The summed E-state index contributed by atoms with van der Waals surface area (Å²) in [7, 11) is 0. The molecule has 0 saturated heterocycles. The zero-order valence-corrected chi connectivity index (χ0v) is 16.0. The number of hydrogen-bond donors (Lipinski definition) is 1. The molecular weight excluding hydrogens is 398 g/mol. The second kappa shape index (κ2) is 8.61. The van der Waals surface area contributed by atoms with Crippen molar-refractivity contribution in [1.82, 2.24) is 0 Å². The van der Waals surface area contributed by atoms with Gasteiger partial charge in [0, 0.05) is 18.3 Å². The van der Waals surface area contributed by atoms with Gasteiger partial charge in [-0.15, -0.1) is 0 Å². The quantitative estimate of drug-likeness (QED) is 0.541.